The normalized spacial score (nSPS) is 9.53. The van der Waals surface area contributed by atoms with Crippen LogP contribution in [0.1, 0.15) is 19.4 Å². The van der Waals surface area contributed by atoms with Crippen molar-refractivity contribution >= 4 is 5.97 Å². The first-order valence-corrected chi connectivity index (χ1v) is 4.93. The maximum Gasteiger partial charge on any atom is 0.333 e. The van der Waals surface area contributed by atoms with Gasteiger partial charge in [0.15, 0.2) is 0 Å². The van der Waals surface area contributed by atoms with Crippen LogP contribution in [0.5, 0.6) is 0 Å². The summed E-state index contributed by atoms with van der Waals surface area (Å²) in [5, 5.41) is 0. The first kappa shape index (κ1) is 11.5. The molecule has 0 amide bonds. The van der Waals surface area contributed by atoms with E-state index in [0.29, 0.717) is 6.42 Å². The highest BCUT2D eigenvalue weighted by atomic mass is 16.5. The van der Waals surface area contributed by atoms with Crippen molar-refractivity contribution in [3.63, 3.8) is 0 Å². The topological polar surface area (TPSA) is 26.3 Å². The first-order valence-electron chi connectivity index (χ1n) is 4.93. The molecule has 2 nitrogen and oxygen atoms in total. The minimum absolute atomic E-state index is 0.237. The molecule has 0 saturated carbocycles. The smallest absolute Gasteiger partial charge is 0.333 e. The molecule has 0 aromatic heterocycles. The van der Waals surface area contributed by atoms with E-state index in [1.165, 1.54) is 7.11 Å². The predicted molar refractivity (Wildman–Crippen MR) is 60.5 cm³/mol. The van der Waals surface area contributed by atoms with Crippen molar-refractivity contribution < 1.29 is 9.53 Å². The SMILES string of the molecule is COC(=O)C(Cc1ccccc1)=C(C)C. The van der Waals surface area contributed by atoms with Gasteiger partial charge >= 0.3 is 5.97 Å². The summed E-state index contributed by atoms with van der Waals surface area (Å²) >= 11 is 0. The fourth-order valence-corrected chi connectivity index (χ4v) is 1.38. The van der Waals surface area contributed by atoms with E-state index in [-0.39, 0.29) is 5.97 Å². The van der Waals surface area contributed by atoms with Gasteiger partial charge in [0.2, 0.25) is 0 Å². The van der Waals surface area contributed by atoms with Crippen LogP contribution in [0, 0.1) is 0 Å². The maximum absolute atomic E-state index is 11.5. The molecule has 0 N–H and O–H groups in total. The lowest BCUT2D eigenvalue weighted by atomic mass is 10.0. The fraction of sp³-hybridized carbons (Fsp3) is 0.308. The molecular formula is C13H16O2. The lowest BCUT2D eigenvalue weighted by Crippen LogP contribution is -2.09. The molecule has 0 aliphatic carbocycles. The summed E-state index contributed by atoms with van der Waals surface area (Å²) in [4.78, 5) is 11.5. The van der Waals surface area contributed by atoms with Gasteiger partial charge in [0.25, 0.3) is 0 Å². The van der Waals surface area contributed by atoms with Crippen molar-refractivity contribution in [2.24, 2.45) is 0 Å². The molecule has 1 aromatic carbocycles. The third kappa shape index (κ3) is 3.24. The van der Waals surface area contributed by atoms with Crippen molar-refractivity contribution in [2.45, 2.75) is 20.3 Å². The summed E-state index contributed by atoms with van der Waals surface area (Å²) in [6, 6.07) is 9.91. The van der Waals surface area contributed by atoms with Gasteiger partial charge in [-0.3, -0.25) is 0 Å². The molecule has 0 unspecified atom stereocenters. The van der Waals surface area contributed by atoms with Crippen LogP contribution in [-0.2, 0) is 16.0 Å². The van der Waals surface area contributed by atoms with Gasteiger partial charge in [-0.15, -0.1) is 0 Å². The second-order valence-electron chi connectivity index (χ2n) is 3.63. The molecule has 0 bridgehead atoms. The van der Waals surface area contributed by atoms with Gasteiger partial charge in [0, 0.05) is 12.0 Å². The molecular weight excluding hydrogens is 188 g/mol. The third-order valence-electron chi connectivity index (χ3n) is 2.26. The monoisotopic (exact) mass is 204 g/mol. The van der Waals surface area contributed by atoms with Crippen LogP contribution in [0.25, 0.3) is 0 Å². The Kier molecular flexibility index (Phi) is 4.10. The van der Waals surface area contributed by atoms with Gasteiger partial charge in [0.05, 0.1) is 7.11 Å². The number of hydrogen-bond acceptors (Lipinski definition) is 2. The van der Waals surface area contributed by atoms with E-state index in [9.17, 15) is 4.79 Å². The van der Waals surface area contributed by atoms with Gasteiger partial charge in [-0.25, -0.2) is 4.79 Å². The average molecular weight is 204 g/mol. The van der Waals surface area contributed by atoms with Crippen LogP contribution >= 0.6 is 0 Å². The van der Waals surface area contributed by atoms with Gasteiger partial charge < -0.3 is 4.74 Å². The summed E-state index contributed by atoms with van der Waals surface area (Å²) in [7, 11) is 1.41. The predicted octanol–water partition coefficient (Wildman–Crippen LogP) is 2.74. The minimum atomic E-state index is -0.237. The summed E-state index contributed by atoms with van der Waals surface area (Å²) in [6.07, 6.45) is 0.635. The highest BCUT2D eigenvalue weighted by molar-refractivity contribution is 5.89. The zero-order valence-electron chi connectivity index (χ0n) is 9.41. The third-order valence-corrected chi connectivity index (χ3v) is 2.26. The quantitative estimate of drug-likeness (QED) is 0.559. The minimum Gasteiger partial charge on any atom is -0.466 e. The first-order chi connectivity index (χ1) is 7.15. The molecule has 0 heterocycles. The molecule has 0 saturated heterocycles. The maximum atomic E-state index is 11.5. The summed E-state index contributed by atoms with van der Waals surface area (Å²) in [5.41, 5.74) is 2.87. The Hall–Kier alpha value is -1.57. The average Bonchev–Trinajstić information content (AvgIpc) is 2.26. The number of methoxy groups -OCH3 is 1. The second kappa shape index (κ2) is 5.35. The van der Waals surface area contributed by atoms with Crippen molar-refractivity contribution in [3.8, 4) is 0 Å². The lowest BCUT2D eigenvalue weighted by molar-refractivity contribution is -0.136. The van der Waals surface area contributed by atoms with E-state index in [1.54, 1.807) is 0 Å². The summed E-state index contributed by atoms with van der Waals surface area (Å²) < 4.78 is 4.75. The number of carbonyl (C=O) groups is 1. The Morgan fingerprint density at radius 1 is 1.20 bits per heavy atom. The fourth-order valence-electron chi connectivity index (χ4n) is 1.38. The van der Waals surface area contributed by atoms with Gasteiger partial charge in [-0.1, -0.05) is 35.9 Å². The highest BCUT2D eigenvalue weighted by Gasteiger charge is 2.11. The lowest BCUT2D eigenvalue weighted by Gasteiger charge is -2.07. The van der Waals surface area contributed by atoms with E-state index in [0.717, 1.165) is 16.7 Å². The molecule has 0 fully saturated rings. The van der Waals surface area contributed by atoms with E-state index in [1.807, 2.05) is 44.2 Å². The Morgan fingerprint density at radius 2 is 1.80 bits per heavy atom. The number of esters is 1. The molecule has 0 radical (unpaired) electrons. The Labute approximate surface area is 90.6 Å². The molecule has 0 spiro atoms. The van der Waals surface area contributed by atoms with Gasteiger partial charge in [-0.2, -0.15) is 0 Å². The highest BCUT2D eigenvalue weighted by Crippen LogP contribution is 2.13. The van der Waals surface area contributed by atoms with E-state index in [2.05, 4.69) is 0 Å². The van der Waals surface area contributed by atoms with Crippen LogP contribution in [0.4, 0.5) is 0 Å². The van der Waals surface area contributed by atoms with E-state index >= 15 is 0 Å². The van der Waals surface area contributed by atoms with Crippen LogP contribution in [0.3, 0.4) is 0 Å². The molecule has 2 heteroatoms. The number of rotatable bonds is 3. The number of ether oxygens (including phenoxy) is 1. The zero-order chi connectivity index (χ0) is 11.3. The largest absolute Gasteiger partial charge is 0.466 e. The molecule has 15 heavy (non-hydrogen) atoms. The van der Waals surface area contributed by atoms with Crippen LogP contribution < -0.4 is 0 Å². The standard InChI is InChI=1S/C13H16O2/c1-10(2)12(13(14)15-3)9-11-7-5-4-6-8-11/h4-8H,9H2,1-3H3. The summed E-state index contributed by atoms with van der Waals surface area (Å²) in [5.74, 6) is -0.237. The van der Waals surface area contributed by atoms with Crippen LogP contribution in [-0.4, -0.2) is 13.1 Å². The zero-order valence-corrected chi connectivity index (χ0v) is 9.41. The van der Waals surface area contributed by atoms with Gasteiger partial charge in [0.1, 0.15) is 0 Å². The van der Waals surface area contributed by atoms with E-state index < -0.39 is 0 Å². The van der Waals surface area contributed by atoms with Crippen molar-refractivity contribution in [3.05, 3.63) is 47.0 Å². The number of carbonyl (C=O) groups excluding carboxylic acids is 1. The van der Waals surface area contributed by atoms with Crippen LogP contribution in [0.15, 0.2) is 41.5 Å². The van der Waals surface area contributed by atoms with Crippen molar-refractivity contribution in [1.29, 1.82) is 0 Å². The Bertz CT molecular complexity index is 359. The number of hydrogen-bond donors (Lipinski definition) is 0. The van der Waals surface area contributed by atoms with Crippen molar-refractivity contribution in [2.75, 3.05) is 7.11 Å². The van der Waals surface area contributed by atoms with Crippen LogP contribution in [0.2, 0.25) is 0 Å². The molecule has 0 atom stereocenters. The molecule has 1 rings (SSSR count). The van der Waals surface area contributed by atoms with Gasteiger partial charge in [-0.05, 0) is 19.4 Å². The molecule has 80 valence electrons. The Balaban J connectivity index is 2.87. The van der Waals surface area contributed by atoms with Crippen molar-refractivity contribution in [1.82, 2.24) is 0 Å². The molecule has 1 aromatic rings. The molecule has 0 aliphatic rings. The van der Waals surface area contributed by atoms with E-state index in [4.69, 9.17) is 4.74 Å². The Morgan fingerprint density at radius 3 is 2.27 bits per heavy atom. The number of benzene rings is 1. The summed E-state index contributed by atoms with van der Waals surface area (Å²) in [6.45, 7) is 3.85. The molecule has 0 aliphatic heterocycles. The number of allylic oxidation sites excluding steroid dienone is 1. The second-order valence-corrected chi connectivity index (χ2v) is 3.63.